The summed E-state index contributed by atoms with van der Waals surface area (Å²) in [6.07, 6.45) is 8.07. The van der Waals surface area contributed by atoms with Crippen molar-refractivity contribution in [3.63, 3.8) is 0 Å². The summed E-state index contributed by atoms with van der Waals surface area (Å²) in [5, 5.41) is 7.42. The Morgan fingerprint density at radius 1 is 1.27 bits per heavy atom. The SMILES string of the molecule is O=C(Nc1ccnn1CC1CCOC1)C1CCCN(c2ncccn2)C1. The lowest BCUT2D eigenvalue weighted by Gasteiger charge is -2.31. The van der Waals surface area contributed by atoms with Crippen LogP contribution in [0.25, 0.3) is 0 Å². The highest BCUT2D eigenvalue weighted by Gasteiger charge is 2.28. The molecule has 0 aliphatic carbocycles. The average molecular weight is 356 g/mol. The van der Waals surface area contributed by atoms with E-state index in [9.17, 15) is 4.79 Å². The minimum Gasteiger partial charge on any atom is -0.381 e. The maximum atomic E-state index is 12.8. The molecule has 1 N–H and O–H groups in total. The summed E-state index contributed by atoms with van der Waals surface area (Å²) >= 11 is 0. The van der Waals surface area contributed by atoms with Gasteiger partial charge in [-0.15, -0.1) is 0 Å². The van der Waals surface area contributed by atoms with Crippen LogP contribution in [0.15, 0.2) is 30.7 Å². The highest BCUT2D eigenvalue weighted by molar-refractivity contribution is 5.92. The van der Waals surface area contributed by atoms with Crippen molar-refractivity contribution >= 4 is 17.7 Å². The van der Waals surface area contributed by atoms with Gasteiger partial charge in [0.1, 0.15) is 5.82 Å². The van der Waals surface area contributed by atoms with E-state index in [2.05, 4.69) is 25.3 Å². The van der Waals surface area contributed by atoms with Crippen LogP contribution in [0.3, 0.4) is 0 Å². The van der Waals surface area contributed by atoms with Crippen LogP contribution < -0.4 is 10.2 Å². The van der Waals surface area contributed by atoms with Gasteiger partial charge < -0.3 is 15.0 Å². The van der Waals surface area contributed by atoms with E-state index in [-0.39, 0.29) is 11.8 Å². The van der Waals surface area contributed by atoms with Crippen molar-refractivity contribution in [2.45, 2.75) is 25.8 Å². The Morgan fingerprint density at radius 2 is 2.15 bits per heavy atom. The third kappa shape index (κ3) is 3.85. The molecule has 8 heteroatoms. The Balaban J connectivity index is 1.38. The molecule has 2 aromatic rings. The Bertz CT molecular complexity index is 728. The fraction of sp³-hybridized carbons (Fsp3) is 0.556. The van der Waals surface area contributed by atoms with Crippen LogP contribution in [0.4, 0.5) is 11.8 Å². The van der Waals surface area contributed by atoms with Crippen LogP contribution >= 0.6 is 0 Å². The zero-order chi connectivity index (χ0) is 17.8. The van der Waals surface area contributed by atoms with Crippen molar-refractivity contribution in [2.24, 2.45) is 11.8 Å². The summed E-state index contributed by atoms with van der Waals surface area (Å²) in [7, 11) is 0. The van der Waals surface area contributed by atoms with Gasteiger partial charge in [0.15, 0.2) is 0 Å². The normalized spacial score (nSPS) is 23.2. The molecule has 4 heterocycles. The minimum absolute atomic E-state index is 0.0371. The van der Waals surface area contributed by atoms with Gasteiger partial charge >= 0.3 is 0 Å². The van der Waals surface area contributed by atoms with Gasteiger partial charge in [-0.25, -0.2) is 14.6 Å². The van der Waals surface area contributed by atoms with Gasteiger partial charge in [0.25, 0.3) is 0 Å². The van der Waals surface area contributed by atoms with Crippen LogP contribution in [0.2, 0.25) is 0 Å². The second-order valence-corrected chi connectivity index (χ2v) is 6.95. The summed E-state index contributed by atoms with van der Waals surface area (Å²) in [6, 6.07) is 3.66. The molecule has 8 nitrogen and oxygen atoms in total. The van der Waals surface area contributed by atoms with Crippen molar-refractivity contribution in [1.82, 2.24) is 19.7 Å². The van der Waals surface area contributed by atoms with Crippen LogP contribution in [-0.2, 0) is 16.1 Å². The number of piperidine rings is 1. The van der Waals surface area contributed by atoms with E-state index in [0.29, 0.717) is 18.4 Å². The molecule has 4 rings (SSSR count). The van der Waals surface area contributed by atoms with E-state index in [0.717, 1.165) is 51.4 Å². The van der Waals surface area contributed by atoms with E-state index >= 15 is 0 Å². The number of amides is 1. The lowest BCUT2D eigenvalue weighted by atomic mass is 9.97. The molecule has 138 valence electrons. The largest absolute Gasteiger partial charge is 0.381 e. The number of ether oxygens (including phenoxy) is 1. The van der Waals surface area contributed by atoms with E-state index in [1.165, 1.54) is 0 Å². The highest BCUT2D eigenvalue weighted by atomic mass is 16.5. The van der Waals surface area contributed by atoms with E-state index in [1.54, 1.807) is 24.7 Å². The molecule has 2 fully saturated rings. The molecule has 0 bridgehead atoms. The van der Waals surface area contributed by atoms with E-state index in [1.807, 2.05) is 10.7 Å². The van der Waals surface area contributed by atoms with Gasteiger partial charge in [-0.1, -0.05) is 0 Å². The number of carbonyl (C=O) groups excluding carboxylic acids is 1. The fourth-order valence-corrected chi connectivity index (χ4v) is 3.61. The van der Waals surface area contributed by atoms with Crippen LogP contribution in [-0.4, -0.2) is 52.0 Å². The predicted molar refractivity (Wildman–Crippen MR) is 96.8 cm³/mol. The van der Waals surface area contributed by atoms with Crippen LogP contribution in [0.1, 0.15) is 19.3 Å². The average Bonchev–Trinajstić information content (AvgIpc) is 3.35. The number of rotatable bonds is 5. The molecule has 2 atom stereocenters. The third-order valence-electron chi connectivity index (χ3n) is 5.05. The lowest BCUT2D eigenvalue weighted by molar-refractivity contribution is -0.120. The Kier molecular flexibility index (Phi) is 5.10. The zero-order valence-electron chi connectivity index (χ0n) is 14.8. The number of nitrogens with zero attached hydrogens (tertiary/aromatic N) is 5. The Hall–Kier alpha value is -2.48. The van der Waals surface area contributed by atoms with Crippen molar-refractivity contribution in [3.8, 4) is 0 Å². The van der Waals surface area contributed by atoms with Gasteiger partial charge in [-0.2, -0.15) is 5.10 Å². The molecular weight excluding hydrogens is 332 g/mol. The summed E-state index contributed by atoms with van der Waals surface area (Å²) < 4.78 is 7.30. The van der Waals surface area contributed by atoms with E-state index < -0.39 is 0 Å². The fourth-order valence-electron chi connectivity index (χ4n) is 3.61. The van der Waals surface area contributed by atoms with Gasteiger partial charge in [-0.05, 0) is 25.3 Å². The van der Waals surface area contributed by atoms with Crippen molar-refractivity contribution < 1.29 is 9.53 Å². The Labute approximate surface area is 152 Å². The molecule has 0 spiro atoms. The topological polar surface area (TPSA) is 85.2 Å². The molecule has 26 heavy (non-hydrogen) atoms. The molecule has 2 aliphatic heterocycles. The molecule has 2 aliphatic rings. The van der Waals surface area contributed by atoms with Crippen molar-refractivity contribution in [1.29, 1.82) is 0 Å². The summed E-state index contributed by atoms with van der Waals surface area (Å²) in [6.45, 7) is 3.88. The molecule has 0 saturated carbocycles. The molecule has 2 aromatic heterocycles. The minimum atomic E-state index is -0.0780. The number of nitrogens with one attached hydrogen (secondary N) is 1. The second kappa shape index (κ2) is 7.82. The standard InChI is InChI=1S/C18H24N6O2/c25-17(15-3-1-9-23(12-15)18-19-6-2-7-20-18)22-16-4-8-21-24(16)11-14-5-10-26-13-14/h2,4,6-8,14-15H,1,3,5,9-13H2,(H,22,25). The summed E-state index contributed by atoms with van der Waals surface area (Å²) in [5.74, 6) is 1.87. The van der Waals surface area contributed by atoms with Gasteiger partial charge in [-0.3, -0.25) is 4.79 Å². The van der Waals surface area contributed by atoms with Crippen molar-refractivity contribution in [2.75, 3.05) is 36.5 Å². The van der Waals surface area contributed by atoms with E-state index in [4.69, 9.17) is 4.74 Å². The third-order valence-corrected chi connectivity index (χ3v) is 5.05. The Morgan fingerprint density at radius 3 is 2.96 bits per heavy atom. The first kappa shape index (κ1) is 17.0. The maximum Gasteiger partial charge on any atom is 0.230 e. The van der Waals surface area contributed by atoms with Crippen LogP contribution in [0.5, 0.6) is 0 Å². The smallest absolute Gasteiger partial charge is 0.230 e. The monoisotopic (exact) mass is 356 g/mol. The maximum absolute atomic E-state index is 12.8. The number of hydrogen-bond acceptors (Lipinski definition) is 6. The first-order chi connectivity index (χ1) is 12.8. The molecule has 1 amide bonds. The zero-order valence-corrected chi connectivity index (χ0v) is 14.8. The first-order valence-corrected chi connectivity index (χ1v) is 9.22. The number of hydrogen-bond donors (Lipinski definition) is 1. The lowest BCUT2D eigenvalue weighted by Crippen LogP contribution is -2.41. The number of aromatic nitrogens is 4. The summed E-state index contributed by atoms with van der Waals surface area (Å²) in [4.78, 5) is 23.5. The van der Waals surface area contributed by atoms with Crippen LogP contribution in [0, 0.1) is 11.8 Å². The summed E-state index contributed by atoms with van der Waals surface area (Å²) in [5.41, 5.74) is 0. The first-order valence-electron chi connectivity index (χ1n) is 9.22. The van der Waals surface area contributed by atoms with Gasteiger partial charge in [0, 0.05) is 50.6 Å². The molecule has 2 saturated heterocycles. The predicted octanol–water partition coefficient (Wildman–Crippen LogP) is 1.56. The van der Waals surface area contributed by atoms with Gasteiger partial charge in [0.2, 0.25) is 11.9 Å². The second-order valence-electron chi connectivity index (χ2n) is 6.95. The number of anilines is 2. The quantitative estimate of drug-likeness (QED) is 0.875. The molecule has 0 aromatic carbocycles. The number of carbonyl (C=O) groups is 1. The molecular formula is C18H24N6O2. The molecule has 0 radical (unpaired) electrons. The molecule has 2 unspecified atom stereocenters. The van der Waals surface area contributed by atoms with Gasteiger partial charge in [0.05, 0.1) is 18.7 Å². The highest BCUT2D eigenvalue weighted by Crippen LogP contribution is 2.22. The van der Waals surface area contributed by atoms with Crippen molar-refractivity contribution in [3.05, 3.63) is 30.7 Å².